The highest BCUT2D eigenvalue weighted by Gasteiger charge is 2.17. The summed E-state index contributed by atoms with van der Waals surface area (Å²) in [6.07, 6.45) is 2.75. The van der Waals surface area contributed by atoms with Crippen molar-refractivity contribution in [2.75, 3.05) is 24.1 Å². The highest BCUT2D eigenvalue weighted by Crippen LogP contribution is 2.27. The van der Waals surface area contributed by atoms with Crippen molar-refractivity contribution in [1.29, 1.82) is 0 Å². The molecule has 3 N–H and O–H groups in total. The number of fused-ring (bicyclic) bond motifs is 1. The summed E-state index contributed by atoms with van der Waals surface area (Å²) in [6, 6.07) is 24.2. The van der Waals surface area contributed by atoms with Crippen molar-refractivity contribution in [2.45, 2.75) is 19.5 Å². The van der Waals surface area contributed by atoms with E-state index >= 15 is 0 Å². The van der Waals surface area contributed by atoms with Crippen LogP contribution in [0.25, 0.3) is 11.1 Å². The number of nitrogen functional groups attached to an aromatic ring is 1. The van der Waals surface area contributed by atoms with Crippen molar-refractivity contribution in [3.05, 3.63) is 95.8 Å². The fourth-order valence-electron chi connectivity index (χ4n) is 4.16. The molecule has 0 radical (unpaired) electrons. The minimum atomic E-state index is -0.329. The van der Waals surface area contributed by atoms with Gasteiger partial charge in [-0.2, -0.15) is 0 Å². The summed E-state index contributed by atoms with van der Waals surface area (Å²) >= 11 is 0. The summed E-state index contributed by atoms with van der Waals surface area (Å²) in [6.45, 7) is 3.49. The molecular formula is C26H26N6O. The van der Waals surface area contributed by atoms with Crippen LogP contribution < -0.4 is 11.1 Å². The third-order valence-corrected chi connectivity index (χ3v) is 6.03. The molecule has 0 saturated carbocycles. The van der Waals surface area contributed by atoms with Crippen LogP contribution in [0, 0.1) is 0 Å². The van der Waals surface area contributed by atoms with Gasteiger partial charge in [-0.1, -0.05) is 65.9 Å². The molecule has 1 aliphatic rings. The maximum Gasteiger partial charge on any atom is 0.277 e. The minimum absolute atomic E-state index is 0.267. The molecule has 0 unspecified atom stereocenters. The maximum atomic E-state index is 12.8. The second-order valence-electron chi connectivity index (χ2n) is 8.28. The van der Waals surface area contributed by atoms with Crippen LogP contribution in [0.2, 0.25) is 0 Å². The second kappa shape index (κ2) is 9.26. The zero-order chi connectivity index (χ0) is 22.6. The fourth-order valence-corrected chi connectivity index (χ4v) is 4.16. The third kappa shape index (κ3) is 4.78. The molecule has 2 heterocycles. The average Bonchev–Trinajstić information content (AvgIpc) is 3.34. The number of anilines is 2. The SMILES string of the molecule is Nc1ccc(-c2ccccc2)cc1NC(=O)c1cn(CCN2CCc3ccccc3C2)nn1. The number of carbonyl (C=O) groups excluding carboxylic acids is 1. The summed E-state index contributed by atoms with van der Waals surface area (Å²) in [5, 5.41) is 11.1. The van der Waals surface area contributed by atoms with Gasteiger partial charge in [0.1, 0.15) is 0 Å². The molecule has 1 aromatic heterocycles. The molecule has 4 aromatic rings. The first-order valence-electron chi connectivity index (χ1n) is 11.1. The monoisotopic (exact) mass is 438 g/mol. The van der Waals surface area contributed by atoms with Gasteiger partial charge in [-0.05, 0) is 40.8 Å². The average molecular weight is 439 g/mol. The lowest BCUT2D eigenvalue weighted by Gasteiger charge is -2.28. The Labute approximate surface area is 192 Å². The minimum Gasteiger partial charge on any atom is -0.397 e. The molecule has 0 fully saturated rings. The summed E-state index contributed by atoms with van der Waals surface area (Å²) < 4.78 is 1.72. The number of benzene rings is 3. The van der Waals surface area contributed by atoms with Gasteiger partial charge in [-0.3, -0.25) is 14.4 Å². The van der Waals surface area contributed by atoms with E-state index in [0.29, 0.717) is 17.9 Å². The van der Waals surface area contributed by atoms with E-state index in [1.165, 1.54) is 11.1 Å². The van der Waals surface area contributed by atoms with Crippen LogP contribution in [0.3, 0.4) is 0 Å². The molecule has 33 heavy (non-hydrogen) atoms. The van der Waals surface area contributed by atoms with E-state index in [-0.39, 0.29) is 11.6 Å². The van der Waals surface area contributed by atoms with Crippen molar-refractivity contribution in [2.24, 2.45) is 0 Å². The molecule has 1 amide bonds. The summed E-state index contributed by atoms with van der Waals surface area (Å²) in [5.74, 6) is -0.329. The van der Waals surface area contributed by atoms with Gasteiger partial charge in [0.2, 0.25) is 0 Å². The van der Waals surface area contributed by atoms with Crippen molar-refractivity contribution >= 4 is 17.3 Å². The number of rotatable bonds is 6. The molecular weight excluding hydrogens is 412 g/mol. The Morgan fingerprint density at radius 3 is 2.58 bits per heavy atom. The molecule has 0 aliphatic carbocycles. The number of amides is 1. The predicted octanol–water partition coefficient (Wildman–Crippen LogP) is 3.84. The first-order valence-corrected chi connectivity index (χ1v) is 11.1. The van der Waals surface area contributed by atoms with Crippen LogP contribution >= 0.6 is 0 Å². The van der Waals surface area contributed by atoms with Gasteiger partial charge in [0.25, 0.3) is 5.91 Å². The van der Waals surface area contributed by atoms with Crippen LogP contribution in [0.1, 0.15) is 21.6 Å². The Morgan fingerprint density at radius 2 is 1.73 bits per heavy atom. The number of carbonyl (C=O) groups is 1. The highest BCUT2D eigenvalue weighted by atomic mass is 16.2. The van der Waals surface area contributed by atoms with Gasteiger partial charge in [0, 0.05) is 19.6 Å². The molecule has 0 atom stereocenters. The van der Waals surface area contributed by atoms with E-state index in [0.717, 1.165) is 37.2 Å². The quantitative estimate of drug-likeness (QED) is 0.447. The van der Waals surface area contributed by atoms with Gasteiger partial charge in [-0.25, -0.2) is 0 Å². The van der Waals surface area contributed by atoms with Gasteiger partial charge in [0.15, 0.2) is 5.69 Å². The van der Waals surface area contributed by atoms with Crippen LogP contribution in [0.4, 0.5) is 11.4 Å². The van der Waals surface area contributed by atoms with E-state index in [1.807, 2.05) is 42.5 Å². The Balaban J connectivity index is 1.21. The predicted molar refractivity (Wildman–Crippen MR) is 130 cm³/mol. The van der Waals surface area contributed by atoms with Crippen LogP contribution in [0.5, 0.6) is 0 Å². The smallest absolute Gasteiger partial charge is 0.277 e. The molecule has 5 rings (SSSR count). The van der Waals surface area contributed by atoms with E-state index in [9.17, 15) is 4.79 Å². The zero-order valence-corrected chi connectivity index (χ0v) is 18.3. The van der Waals surface area contributed by atoms with Gasteiger partial charge in [-0.15, -0.1) is 5.10 Å². The fraction of sp³-hybridized carbons (Fsp3) is 0.192. The lowest BCUT2D eigenvalue weighted by Crippen LogP contribution is -2.33. The van der Waals surface area contributed by atoms with E-state index in [2.05, 4.69) is 44.8 Å². The normalized spacial score (nSPS) is 13.5. The topological polar surface area (TPSA) is 89.1 Å². The number of nitrogens with zero attached hydrogens (tertiary/aromatic N) is 4. The first-order chi connectivity index (χ1) is 16.2. The van der Waals surface area contributed by atoms with Gasteiger partial charge < -0.3 is 11.1 Å². The van der Waals surface area contributed by atoms with Crippen LogP contribution in [-0.2, 0) is 19.5 Å². The number of hydrogen-bond donors (Lipinski definition) is 2. The number of aromatic nitrogens is 3. The zero-order valence-electron chi connectivity index (χ0n) is 18.3. The van der Waals surface area contributed by atoms with Crippen molar-refractivity contribution in [1.82, 2.24) is 19.9 Å². The Morgan fingerprint density at radius 1 is 0.939 bits per heavy atom. The van der Waals surface area contributed by atoms with Crippen molar-refractivity contribution < 1.29 is 4.79 Å². The maximum absolute atomic E-state index is 12.8. The Hall–Kier alpha value is -3.97. The van der Waals surface area contributed by atoms with E-state index in [4.69, 9.17) is 5.73 Å². The van der Waals surface area contributed by atoms with Crippen LogP contribution in [-0.4, -0.2) is 38.9 Å². The Bertz CT molecular complexity index is 1270. The summed E-state index contributed by atoms with van der Waals surface area (Å²) in [7, 11) is 0. The second-order valence-corrected chi connectivity index (χ2v) is 8.28. The summed E-state index contributed by atoms with van der Waals surface area (Å²) in [5.41, 5.74) is 12.3. The standard InChI is InChI=1S/C26H26N6O/c27-23-11-10-21(19-6-2-1-3-7-19)16-24(23)28-26(33)25-18-32(30-29-25)15-14-31-13-12-20-8-4-5-9-22(20)17-31/h1-11,16,18H,12-15,17,27H2,(H,28,33). The number of nitrogens with two attached hydrogens (primary N) is 1. The molecule has 1 aliphatic heterocycles. The largest absolute Gasteiger partial charge is 0.397 e. The van der Waals surface area contributed by atoms with Crippen LogP contribution in [0.15, 0.2) is 79.0 Å². The molecule has 0 saturated heterocycles. The molecule has 7 nitrogen and oxygen atoms in total. The Kier molecular flexibility index (Phi) is 5.87. The van der Waals surface area contributed by atoms with Gasteiger partial charge in [0.05, 0.1) is 24.1 Å². The molecule has 0 spiro atoms. The van der Waals surface area contributed by atoms with Crippen molar-refractivity contribution in [3.8, 4) is 11.1 Å². The van der Waals surface area contributed by atoms with Gasteiger partial charge >= 0.3 is 0 Å². The lowest BCUT2D eigenvalue weighted by molar-refractivity contribution is 0.102. The number of hydrogen-bond acceptors (Lipinski definition) is 5. The van der Waals surface area contributed by atoms with Crippen molar-refractivity contribution in [3.63, 3.8) is 0 Å². The van der Waals surface area contributed by atoms with E-state index in [1.54, 1.807) is 16.9 Å². The van der Waals surface area contributed by atoms with E-state index < -0.39 is 0 Å². The molecule has 166 valence electrons. The number of nitrogens with one attached hydrogen (secondary N) is 1. The highest BCUT2D eigenvalue weighted by molar-refractivity contribution is 6.04. The molecule has 7 heteroatoms. The third-order valence-electron chi connectivity index (χ3n) is 6.03. The lowest BCUT2D eigenvalue weighted by atomic mass is 10.00. The molecule has 3 aromatic carbocycles. The molecule has 0 bridgehead atoms. The summed E-state index contributed by atoms with van der Waals surface area (Å²) in [4.78, 5) is 15.2. The first kappa shape index (κ1) is 20.9.